The van der Waals surface area contributed by atoms with Gasteiger partial charge in [-0.25, -0.2) is 0 Å². The lowest BCUT2D eigenvalue weighted by Crippen LogP contribution is -2.40. The number of rotatable bonds is 12. The van der Waals surface area contributed by atoms with Gasteiger partial charge in [-0.05, 0) is 43.1 Å². The summed E-state index contributed by atoms with van der Waals surface area (Å²) in [5.41, 5.74) is 2.83. The number of halogens is 1. The molecule has 0 aliphatic heterocycles. The Morgan fingerprint density at radius 2 is 1.78 bits per heavy atom. The van der Waals surface area contributed by atoms with Crippen LogP contribution in [0.3, 0.4) is 0 Å². The fourth-order valence-corrected chi connectivity index (χ4v) is 3.59. The van der Waals surface area contributed by atoms with Crippen molar-refractivity contribution in [2.75, 3.05) is 54.1 Å². The van der Waals surface area contributed by atoms with Crippen molar-refractivity contribution < 1.29 is 9.47 Å². The van der Waals surface area contributed by atoms with E-state index in [1.54, 1.807) is 7.11 Å². The highest BCUT2D eigenvalue weighted by Gasteiger charge is 2.43. The van der Waals surface area contributed by atoms with Gasteiger partial charge >= 0.3 is 0 Å². The van der Waals surface area contributed by atoms with Gasteiger partial charge in [-0.3, -0.25) is 4.99 Å². The fraction of sp³-hybridized carbons (Fsp3) is 0.480. The number of hydrogen-bond donors (Lipinski definition) is 2. The molecule has 2 aromatic rings. The molecule has 0 heterocycles. The molecule has 7 heteroatoms. The molecule has 0 spiro atoms. The summed E-state index contributed by atoms with van der Waals surface area (Å²) in [6.07, 6.45) is 2.45. The topological polar surface area (TPSA) is 58.1 Å². The molecule has 6 nitrogen and oxygen atoms in total. The van der Waals surface area contributed by atoms with Crippen LogP contribution in [-0.4, -0.2) is 64.9 Å². The van der Waals surface area contributed by atoms with Gasteiger partial charge in [0.25, 0.3) is 0 Å². The highest BCUT2D eigenvalue weighted by Crippen LogP contribution is 2.47. The van der Waals surface area contributed by atoms with Gasteiger partial charge in [0.1, 0.15) is 12.4 Å². The number of guanidine groups is 1. The van der Waals surface area contributed by atoms with Crippen molar-refractivity contribution in [3.63, 3.8) is 0 Å². The first-order valence-corrected chi connectivity index (χ1v) is 11.0. The molecule has 1 aliphatic carbocycles. The fourth-order valence-electron chi connectivity index (χ4n) is 3.59. The van der Waals surface area contributed by atoms with E-state index in [1.165, 1.54) is 18.4 Å². The number of methoxy groups -OCH3 is 1. The lowest BCUT2D eigenvalue weighted by molar-refractivity contribution is 0.150. The van der Waals surface area contributed by atoms with Gasteiger partial charge in [-0.15, -0.1) is 24.0 Å². The number of ether oxygens (including phenoxy) is 2. The molecular weight excluding hydrogens is 515 g/mol. The Bertz CT molecular complexity index is 828. The molecule has 32 heavy (non-hydrogen) atoms. The molecule has 3 rings (SSSR count). The second-order valence-electron chi connectivity index (χ2n) is 8.22. The maximum Gasteiger partial charge on any atom is 0.191 e. The molecular formula is C25H37IN4O2. The van der Waals surface area contributed by atoms with Gasteiger partial charge < -0.3 is 25.0 Å². The Kier molecular flexibility index (Phi) is 11.3. The van der Waals surface area contributed by atoms with E-state index in [0.717, 1.165) is 43.5 Å². The molecule has 0 radical (unpaired) electrons. The maximum atomic E-state index is 5.92. The third-order valence-corrected chi connectivity index (χ3v) is 5.83. The largest absolute Gasteiger partial charge is 0.492 e. The lowest BCUT2D eigenvalue weighted by Gasteiger charge is -2.19. The zero-order chi connectivity index (χ0) is 21.9. The Hall–Kier alpha value is -1.84. The highest BCUT2D eigenvalue weighted by molar-refractivity contribution is 14.0. The van der Waals surface area contributed by atoms with Gasteiger partial charge in [0.15, 0.2) is 5.96 Å². The zero-order valence-electron chi connectivity index (χ0n) is 19.5. The second-order valence-corrected chi connectivity index (χ2v) is 8.22. The molecule has 0 aromatic heterocycles. The van der Waals surface area contributed by atoms with Crippen LogP contribution in [0.5, 0.6) is 5.75 Å². The zero-order valence-corrected chi connectivity index (χ0v) is 21.8. The van der Waals surface area contributed by atoms with Crippen LogP contribution < -0.4 is 15.4 Å². The van der Waals surface area contributed by atoms with Crippen LogP contribution >= 0.6 is 24.0 Å². The SMILES string of the molecule is CN=C(NCc1cccc(OCCN(C)CCOC)c1)NCC1(c2ccccc2)CC1.I. The van der Waals surface area contributed by atoms with Crippen LogP contribution in [0.4, 0.5) is 0 Å². The molecule has 0 bridgehead atoms. The minimum Gasteiger partial charge on any atom is -0.492 e. The minimum absolute atomic E-state index is 0. The van der Waals surface area contributed by atoms with Crippen LogP contribution in [0.25, 0.3) is 0 Å². The Labute approximate surface area is 209 Å². The number of likely N-dealkylation sites (N-methyl/N-ethyl adjacent to an activating group) is 1. The molecule has 1 fully saturated rings. The van der Waals surface area contributed by atoms with E-state index in [9.17, 15) is 0 Å². The third kappa shape index (κ3) is 8.26. The number of nitrogens with zero attached hydrogens (tertiary/aromatic N) is 2. The van der Waals surface area contributed by atoms with E-state index >= 15 is 0 Å². The van der Waals surface area contributed by atoms with Crippen molar-refractivity contribution in [1.29, 1.82) is 0 Å². The predicted octanol–water partition coefficient (Wildman–Crippen LogP) is 3.66. The highest BCUT2D eigenvalue weighted by atomic mass is 127. The summed E-state index contributed by atoms with van der Waals surface area (Å²) in [4.78, 5) is 6.59. The predicted molar refractivity (Wildman–Crippen MR) is 142 cm³/mol. The first-order chi connectivity index (χ1) is 15.1. The van der Waals surface area contributed by atoms with E-state index in [4.69, 9.17) is 9.47 Å². The minimum atomic E-state index is 0. The Morgan fingerprint density at radius 3 is 2.47 bits per heavy atom. The van der Waals surface area contributed by atoms with Crippen molar-refractivity contribution >= 4 is 29.9 Å². The summed E-state index contributed by atoms with van der Waals surface area (Å²) in [7, 11) is 5.61. The van der Waals surface area contributed by atoms with E-state index in [0.29, 0.717) is 13.2 Å². The smallest absolute Gasteiger partial charge is 0.191 e. The Balaban J connectivity index is 0.00000363. The first kappa shape index (κ1) is 26.4. The van der Waals surface area contributed by atoms with Gasteiger partial charge in [0.2, 0.25) is 0 Å². The summed E-state index contributed by atoms with van der Waals surface area (Å²) < 4.78 is 11.0. The van der Waals surface area contributed by atoms with E-state index in [-0.39, 0.29) is 29.4 Å². The number of nitrogens with one attached hydrogen (secondary N) is 2. The molecule has 0 atom stereocenters. The van der Waals surface area contributed by atoms with Crippen molar-refractivity contribution in [1.82, 2.24) is 15.5 Å². The normalized spacial score (nSPS) is 14.6. The van der Waals surface area contributed by atoms with Gasteiger partial charge in [0, 0.05) is 45.8 Å². The second kappa shape index (κ2) is 13.6. The third-order valence-electron chi connectivity index (χ3n) is 5.83. The van der Waals surface area contributed by atoms with E-state index in [1.807, 2.05) is 19.2 Å². The molecule has 1 saturated carbocycles. The van der Waals surface area contributed by atoms with Crippen LogP contribution in [0.1, 0.15) is 24.0 Å². The van der Waals surface area contributed by atoms with Gasteiger partial charge in [0.05, 0.1) is 6.61 Å². The number of benzene rings is 2. The summed E-state index contributed by atoms with van der Waals surface area (Å²) in [5, 5.41) is 6.93. The van der Waals surface area contributed by atoms with Crippen LogP contribution in [0, 0.1) is 0 Å². The van der Waals surface area contributed by atoms with Crippen molar-refractivity contribution in [2.24, 2.45) is 4.99 Å². The average molecular weight is 553 g/mol. The molecule has 176 valence electrons. The van der Waals surface area contributed by atoms with Crippen LogP contribution in [0.15, 0.2) is 59.6 Å². The van der Waals surface area contributed by atoms with Crippen LogP contribution in [0.2, 0.25) is 0 Å². The van der Waals surface area contributed by atoms with E-state index in [2.05, 4.69) is 70.0 Å². The van der Waals surface area contributed by atoms with Crippen molar-refractivity contribution in [3.8, 4) is 5.75 Å². The average Bonchev–Trinajstić information content (AvgIpc) is 3.60. The summed E-state index contributed by atoms with van der Waals surface area (Å²) in [5.74, 6) is 1.72. The molecule has 0 amide bonds. The standard InChI is InChI=1S/C25H36N4O2.HI/c1-26-24(28-20-25(12-13-25)22-9-5-4-6-10-22)27-19-21-8-7-11-23(18-21)31-17-15-29(2)14-16-30-3;/h4-11,18H,12-17,19-20H2,1-3H3,(H2,26,27,28);1H. The first-order valence-electron chi connectivity index (χ1n) is 11.0. The van der Waals surface area contributed by atoms with Gasteiger partial charge in [-0.2, -0.15) is 0 Å². The van der Waals surface area contributed by atoms with Crippen molar-refractivity contribution in [2.45, 2.75) is 24.8 Å². The Morgan fingerprint density at radius 1 is 1.03 bits per heavy atom. The lowest BCUT2D eigenvalue weighted by atomic mass is 9.96. The van der Waals surface area contributed by atoms with Crippen LogP contribution in [-0.2, 0) is 16.7 Å². The van der Waals surface area contributed by atoms with E-state index < -0.39 is 0 Å². The van der Waals surface area contributed by atoms with Crippen molar-refractivity contribution in [3.05, 3.63) is 65.7 Å². The maximum absolute atomic E-state index is 5.92. The molecule has 2 aromatic carbocycles. The summed E-state index contributed by atoms with van der Waals surface area (Å²) in [6, 6.07) is 19.0. The summed E-state index contributed by atoms with van der Waals surface area (Å²) in [6.45, 7) is 4.76. The number of aliphatic imine (C=N–C) groups is 1. The quantitative estimate of drug-likeness (QED) is 0.239. The number of hydrogen-bond acceptors (Lipinski definition) is 4. The molecule has 1 aliphatic rings. The molecule has 0 saturated heterocycles. The summed E-state index contributed by atoms with van der Waals surface area (Å²) >= 11 is 0. The molecule has 0 unspecified atom stereocenters. The van der Waals surface area contributed by atoms with Gasteiger partial charge in [-0.1, -0.05) is 42.5 Å². The molecule has 2 N–H and O–H groups in total. The monoisotopic (exact) mass is 552 g/mol.